The minimum absolute atomic E-state index is 0.00623. The lowest BCUT2D eigenvalue weighted by molar-refractivity contribution is -0.383. The molecule has 0 aliphatic carbocycles. The summed E-state index contributed by atoms with van der Waals surface area (Å²) in [6.45, 7) is -1.26. The highest BCUT2D eigenvalue weighted by Crippen LogP contribution is 2.38. The van der Waals surface area contributed by atoms with Crippen molar-refractivity contribution in [3.63, 3.8) is 0 Å². The molecule has 2 aromatic carbocycles. The summed E-state index contributed by atoms with van der Waals surface area (Å²) in [5.74, 6) is -5.14. The van der Waals surface area contributed by atoms with Gasteiger partial charge in [-0.2, -0.15) is 0 Å². The summed E-state index contributed by atoms with van der Waals surface area (Å²) in [5, 5.41) is 72.0. The molecule has 4 rings (SSSR count). The lowest BCUT2D eigenvalue weighted by Gasteiger charge is -2.43. The highest BCUT2D eigenvalue weighted by atomic mass is 16.8. The van der Waals surface area contributed by atoms with Crippen LogP contribution in [0.5, 0.6) is 11.5 Å². The maximum Gasteiger partial charge on any atom is 0.331 e. The maximum absolute atomic E-state index is 12.9. The van der Waals surface area contributed by atoms with Crippen molar-refractivity contribution in [1.29, 1.82) is 0 Å². The van der Waals surface area contributed by atoms with Gasteiger partial charge in [0.15, 0.2) is 12.4 Å². The first-order valence-electron chi connectivity index (χ1n) is 14.6. The third-order valence-electron chi connectivity index (χ3n) is 7.37. The first-order chi connectivity index (χ1) is 22.8. The van der Waals surface area contributed by atoms with Crippen molar-refractivity contribution in [1.82, 2.24) is 0 Å². The molecule has 9 atom stereocenters. The van der Waals surface area contributed by atoms with E-state index in [0.29, 0.717) is 11.1 Å². The van der Waals surface area contributed by atoms with Crippen molar-refractivity contribution in [3.8, 4) is 11.5 Å². The van der Waals surface area contributed by atoms with E-state index in [0.717, 1.165) is 19.1 Å². The number of aliphatic hydroxyl groups is 5. The molecule has 2 aliphatic heterocycles. The van der Waals surface area contributed by atoms with Crippen LogP contribution in [-0.2, 0) is 42.8 Å². The first-order valence-corrected chi connectivity index (χ1v) is 14.6. The third kappa shape index (κ3) is 9.15. The number of phenols is 2. The molecule has 0 spiro atoms. The van der Waals surface area contributed by atoms with Gasteiger partial charge < -0.3 is 64.2 Å². The van der Waals surface area contributed by atoms with Gasteiger partial charge in [-0.1, -0.05) is 24.3 Å². The number of esters is 3. The summed E-state index contributed by atoms with van der Waals surface area (Å²) in [6, 6.07) is 11.7. The van der Waals surface area contributed by atoms with Crippen molar-refractivity contribution in [2.45, 2.75) is 61.7 Å². The third-order valence-corrected chi connectivity index (χ3v) is 7.37. The average Bonchev–Trinajstić information content (AvgIpc) is 3.32. The number of carbonyl (C=O) groups is 3. The SMILES string of the molecule is CC(=O)OCC1OC(OC2(CO)OC(COC(=O)C=Cc3ccc(O)cc3)C(O)C2OC(=O)C=Cc2ccc(O)cc2)C(O)C(O)C1O. The second-order valence-electron chi connectivity index (χ2n) is 10.9. The molecule has 16 heteroatoms. The van der Waals surface area contributed by atoms with Crippen LogP contribution in [0.15, 0.2) is 60.7 Å². The number of hydrogen-bond donors (Lipinski definition) is 7. The van der Waals surface area contributed by atoms with Crippen LogP contribution in [0.1, 0.15) is 18.1 Å². The van der Waals surface area contributed by atoms with Crippen LogP contribution < -0.4 is 0 Å². The summed E-state index contributed by atoms with van der Waals surface area (Å²) in [7, 11) is 0. The van der Waals surface area contributed by atoms with E-state index in [1.54, 1.807) is 12.1 Å². The molecule has 0 saturated carbocycles. The van der Waals surface area contributed by atoms with Gasteiger partial charge >= 0.3 is 17.9 Å². The molecule has 260 valence electrons. The Morgan fingerprint density at radius 2 is 1.29 bits per heavy atom. The fourth-order valence-corrected chi connectivity index (χ4v) is 4.82. The van der Waals surface area contributed by atoms with Crippen LogP contribution in [0, 0.1) is 0 Å². The van der Waals surface area contributed by atoms with Gasteiger partial charge in [0.2, 0.25) is 5.79 Å². The van der Waals surface area contributed by atoms with Crippen molar-refractivity contribution in [3.05, 3.63) is 71.8 Å². The van der Waals surface area contributed by atoms with E-state index in [9.17, 15) is 50.1 Å². The monoisotopic (exact) mass is 676 g/mol. The van der Waals surface area contributed by atoms with Crippen molar-refractivity contribution < 1.29 is 78.6 Å². The van der Waals surface area contributed by atoms with Crippen LogP contribution >= 0.6 is 0 Å². The zero-order valence-electron chi connectivity index (χ0n) is 25.5. The van der Waals surface area contributed by atoms with Gasteiger partial charge in [-0.05, 0) is 47.5 Å². The fraction of sp³-hybridized carbons (Fsp3) is 0.406. The van der Waals surface area contributed by atoms with E-state index in [1.807, 2.05) is 0 Å². The zero-order chi connectivity index (χ0) is 35.0. The predicted octanol–water partition coefficient (Wildman–Crippen LogP) is -0.885. The summed E-state index contributed by atoms with van der Waals surface area (Å²) in [6.07, 6.45) is -9.35. The Labute approximate surface area is 273 Å². The lowest BCUT2D eigenvalue weighted by Crippen LogP contribution is -2.63. The van der Waals surface area contributed by atoms with Crippen LogP contribution in [0.4, 0.5) is 0 Å². The molecule has 0 aromatic heterocycles. The Hall–Kier alpha value is -4.39. The van der Waals surface area contributed by atoms with Gasteiger partial charge in [0.05, 0.1) is 0 Å². The maximum atomic E-state index is 12.9. The second-order valence-corrected chi connectivity index (χ2v) is 10.9. The van der Waals surface area contributed by atoms with E-state index in [4.69, 9.17) is 28.4 Å². The molecule has 2 fully saturated rings. The average molecular weight is 677 g/mol. The minimum Gasteiger partial charge on any atom is -0.508 e. The van der Waals surface area contributed by atoms with Crippen LogP contribution in [0.3, 0.4) is 0 Å². The summed E-state index contributed by atoms with van der Waals surface area (Å²) < 4.78 is 32.5. The quantitative estimate of drug-likeness (QED) is 0.0819. The second kappa shape index (κ2) is 16.1. The molecule has 0 bridgehead atoms. The fourth-order valence-electron chi connectivity index (χ4n) is 4.82. The van der Waals surface area contributed by atoms with Crippen molar-refractivity contribution in [2.75, 3.05) is 19.8 Å². The number of benzene rings is 2. The number of hydrogen-bond acceptors (Lipinski definition) is 16. The molecule has 2 heterocycles. The van der Waals surface area contributed by atoms with Gasteiger partial charge in [-0.3, -0.25) is 4.79 Å². The predicted molar refractivity (Wildman–Crippen MR) is 160 cm³/mol. The topological polar surface area (TPSA) is 248 Å². The number of rotatable bonds is 12. The Balaban J connectivity index is 1.54. The smallest absolute Gasteiger partial charge is 0.331 e. The Bertz CT molecular complexity index is 1460. The molecule has 0 amide bonds. The molecule has 16 nitrogen and oxygen atoms in total. The van der Waals surface area contributed by atoms with Crippen molar-refractivity contribution in [2.24, 2.45) is 0 Å². The largest absolute Gasteiger partial charge is 0.508 e. The lowest BCUT2D eigenvalue weighted by atomic mass is 9.99. The molecular formula is C32H36O16. The molecule has 2 saturated heterocycles. The molecule has 0 radical (unpaired) electrons. The van der Waals surface area contributed by atoms with Crippen LogP contribution in [0.2, 0.25) is 0 Å². The summed E-state index contributed by atoms with van der Waals surface area (Å²) in [4.78, 5) is 36.6. The number of aliphatic hydroxyl groups excluding tert-OH is 5. The van der Waals surface area contributed by atoms with Gasteiger partial charge in [0, 0.05) is 19.1 Å². The highest BCUT2D eigenvalue weighted by molar-refractivity contribution is 5.87. The van der Waals surface area contributed by atoms with Crippen molar-refractivity contribution >= 4 is 30.1 Å². The summed E-state index contributed by atoms with van der Waals surface area (Å²) >= 11 is 0. The van der Waals surface area contributed by atoms with Gasteiger partial charge in [-0.15, -0.1) is 0 Å². The van der Waals surface area contributed by atoms with Gasteiger partial charge in [0.1, 0.15) is 67.9 Å². The molecule has 2 aromatic rings. The summed E-state index contributed by atoms with van der Waals surface area (Å²) in [5.41, 5.74) is 1.06. The van der Waals surface area contributed by atoms with Crippen LogP contribution in [-0.4, -0.2) is 128 Å². The van der Waals surface area contributed by atoms with E-state index in [-0.39, 0.29) is 11.5 Å². The van der Waals surface area contributed by atoms with E-state index in [1.165, 1.54) is 48.6 Å². The molecule has 48 heavy (non-hydrogen) atoms. The number of carbonyl (C=O) groups excluding carboxylic acids is 3. The Morgan fingerprint density at radius 1 is 0.750 bits per heavy atom. The standard InChI is InChI=1S/C32H36O16/c1-17(34)43-14-22-26(39)28(41)29(42)31(45-22)48-32(16-33)30(46-25(38)13-7-19-4-10-21(36)11-5-19)27(40)23(47-32)15-44-24(37)12-6-18-2-8-20(35)9-3-18/h2-13,22-23,26-31,33,35-36,39-42H,14-16H2,1H3. The molecular weight excluding hydrogens is 640 g/mol. The number of phenolic OH excluding ortho intramolecular Hbond substituents is 2. The Morgan fingerprint density at radius 3 is 1.83 bits per heavy atom. The van der Waals surface area contributed by atoms with E-state index >= 15 is 0 Å². The number of aromatic hydroxyl groups is 2. The van der Waals surface area contributed by atoms with E-state index in [2.05, 4.69) is 0 Å². The van der Waals surface area contributed by atoms with Gasteiger partial charge in [-0.25, -0.2) is 9.59 Å². The number of ether oxygens (including phenoxy) is 6. The minimum atomic E-state index is -2.50. The molecule has 9 unspecified atom stereocenters. The van der Waals surface area contributed by atoms with Gasteiger partial charge in [0.25, 0.3) is 0 Å². The highest BCUT2D eigenvalue weighted by Gasteiger charge is 2.61. The molecule has 7 N–H and O–H groups in total. The zero-order valence-corrected chi connectivity index (χ0v) is 25.5. The normalized spacial score (nSPS) is 30.4. The first kappa shape index (κ1) is 36.4. The van der Waals surface area contributed by atoms with Crippen LogP contribution in [0.25, 0.3) is 12.2 Å². The Kier molecular flexibility index (Phi) is 12.3. The molecule has 2 aliphatic rings. The van der Waals surface area contributed by atoms with E-state index < -0.39 is 92.5 Å².